The molecular weight excluding hydrogens is 420 g/mol. The molecule has 1 aliphatic heterocycles. The number of ketones is 1. The van der Waals surface area contributed by atoms with Crippen LogP contribution in [0, 0.1) is 21.4 Å². The van der Waals surface area contributed by atoms with Crippen LogP contribution < -0.4 is 5.73 Å². The second-order valence-corrected chi connectivity index (χ2v) is 8.26. The summed E-state index contributed by atoms with van der Waals surface area (Å²) < 4.78 is 31.4. The van der Waals surface area contributed by atoms with Crippen molar-refractivity contribution in [1.29, 1.82) is 5.26 Å². The van der Waals surface area contributed by atoms with Crippen molar-refractivity contribution < 1.29 is 32.8 Å². The molecule has 0 spiro atoms. The van der Waals surface area contributed by atoms with E-state index in [0.717, 1.165) is 12.1 Å². The van der Waals surface area contributed by atoms with E-state index in [1.54, 1.807) is 6.07 Å². The van der Waals surface area contributed by atoms with Gasteiger partial charge in [-0.3, -0.25) is 19.7 Å². The van der Waals surface area contributed by atoms with Crippen LogP contribution in [0.25, 0.3) is 0 Å². The first-order valence-electron chi connectivity index (χ1n) is 8.50. The van der Waals surface area contributed by atoms with Crippen molar-refractivity contribution in [3.8, 4) is 6.07 Å². The van der Waals surface area contributed by atoms with E-state index in [1.165, 1.54) is 19.1 Å². The molecule has 2 unspecified atom stereocenters. The van der Waals surface area contributed by atoms with Gasteiger partial charge in [-0.2, -0.15) is 9.57 Å². The Morgan fingerprint density at radius 2 is 2.07 bits per heavy atom. The highest BCUT2D eigenvalue weighted by Crippen LogP contribution is 2.31. The lowest BCUT2D eigenvalue weighted by atomic mass is 10.1. The van der Waals surface area contributed by atoms with E-state index in [2.05, 4.69) is 0 Å². The van der Waals surface area contributed by atoms with E-state index in [0.29, 0.717) is 4.31 Å². The number of carbonyl (C=O) groups is 2. The smallest absolute Gasteiger partial charge is 0.325 e. The van der Waals surface area contributed by atoms with Gasteiger partial charge in [0.05, 0.1) is 11.0 Å². The maximum Gasteiger partial charge on any atom is 0.325 e. The molecule has 3 N–H and O–H groups in total. The van der Waals surface area contributed by atoms with Crippen LogP contribution >= 0.6 is 0 Å². The van der Waals surface area contributed by atoms with Crippen LogP contribution in [0.3, 0.4) is 0 Å². The molecule has 0 saturated carbocycles. The second-order valence-electron chi connectivity index (χ2n) is 6.41. The number of rotatable bonds is 7. The molecule has 0 aliphatic carbocycles. The third kappa shape index (κ3) is 4.62. The summed E-state index contributed by atoms with van der Waals surface area (Å²) in [5.74, 6) is -2.02. The van der Waals surface area contributed by atoms with Gasteiger partial charge >= 0.3 is 5.97 Å². The molecule has 1 saturated heterocycles. The third-order valence-electron chi connectivity index (χ3n) is 4.28. The molecular formula is C17H18N4O8S. The average Bonchev–Trinajstić information content (AvgIpc) is 3.09. The molecule has 0 amide bonds. The lowest BCUT2D eigenvalue weighted by Gasteiger charge is -2.22. The molecule has 30 heavy (non-hydrogen) atoms. The first kappa shape index (κ1) is 22.9. The number of nitro benzene ring substituents is 1. The average molecular weight is 438 g/mol. The lowest BCUT2D eigenvalue weighted by Crippen LogP contribution is -2.42. The number of sulfonamides is 1. The summed E-state index contributed by atoms with van der Waals surface area (Å²) >= 11 is 0. The fraction of sp³-hybridized carbons (Fsp3) is 0.353. The van der Waals surface area contributed by atoms with Gasteiger partial charge < -0.3 is 15.6 Å². The summed E-state index contributed by atoms with van der Waals surface area (Å²) in [5.41, 5.74) is 4.23. The summed E-state index contributed by atoms with van der Waals surface area (Å²) in [7, 11) is -4.55. The van der Waals surface area contributed by atoms with E-state index in [-0.39, 0.29) is 12.1 Å². The van der Waals surface area contributed by atoms with Gasteiger partial charge in [-0.1, -0.05) is 12.1 Å². The summed E-state index contributed by atoms with van der Waals surface area (Å²) in [4.78, 5) is 34.0. The van der Waals surface area contributed by atoms with Crippen molar-refractivity contribution in [2.45, 2.75) is 30.4 Å². The Morgan fingerprint density at radius 1 is 1.43 bits per heavy atom. The molecule has 13 heteroatoms. The Kier molecular flexibility index (Phi) is 6.88. The van der Waals surface area contributed by atoms with Crippen molar-refractivity contribution in [1.82, 2.24) is 4.31 Å². The number of nitro groups is 1. The number of β-amino-alcohol motifs (C(OH)–C–C–N with tert-alkyl or cyclic N) is 1. The number of esters is 1. The largest absolute Gasteiger partial charge is 0.456 e. The number of nitrogens with two attached hydrogens (primary N) is 1. The SMILES string of the molecule is CC(N)=C(C#N)C(=O)COC(=O)C1CC(O)CN1S(=O)(=O)c1ccccc1[N+](=O)[O-]. The number of nitrogens with zero attached hydrogens (tertiary/aromatic N) is 3. The molecule has 12 nitrogen and oxygen atoms in total. The number of allylic oxidation sites excluding steroid dienone is 1. The van der Waals surface area contributed by atoms with Crippen LogP contribution in [0.4, 0.5) is 5.69 Å². The van der Waals surface area contributed by atoms with E-state index in [1.807, 2.05) is 0 Å². The Morgan fingerprint density at radius 3 is 2.63 bits per heavy atom. The molecule has 0 bridgehead atoms. The fourth-order valence-electron chi connectivity index (χ4n) is 2.89. The van der Waals surface area contributed by atoms with Crippen LogP contribution in [-0.2, 0) is 24.3 Å². The van der Waals surface area contributed by atoms with Gasteiger partial charge in [0, 0.05) is 24.7 Å². The van der Waals surface area contributed by atoms with E-state index in [4.69, 9.17) is 15.7 Å². The number of ether oxygens (including phenoxy) is 1. The molecule has 1 aromatic carbocycles. The first-order valence-corrected chi connectivity index (χ1v) is 9.94. The van der Waals surface area contributed by atoms with E-state index >= 15 is 0 Å². The Labute approximate surface area is 171 Å². The number of para-hydroxylation sites is 1. The topological polar surface area (TPSA) is 194 Å². The summed E-state index contributed by atoms with van der Waals surface area (Å²) in [6.45, 7) is -0.0394. The highest BCUT2D eigenvalue weighted by atomic mass is 32.2. The van der Waals surface area contributed by atoms with Crippen molar-refractivity contribution >= 4 is 27.5 Å². The van der Waals surface area contributed by atoms with Crippen LogP contribution in [0.15, 0.2) is 40.4 Å². The number of aliphatic hydroxyl groups excluding tert-OH is 1. The minimum Gasteiger partial charge on any atom is -0.456 e. The van der Waals surface area contributed by atoms with Gasteiger partial charge in [-0.25, -0.2) is 8.42 Å². The van der Waals surface area contributed by atoms with Crippen LogP contribution in [-0.4, -0.2) is 59.8 Å². The Bertz CT molecular complexity index is 1060. The molecule has 2 rings (SSSR count). The number of hydrogen-bond donors (Lipinski definition) is 2. The molecule has 0 radical (unpaired) electrons. The van der Waals surface area contributed by atoms with E-state index < -0.39 is 68.2 Å². The molecule has 160 valence electrons. The number of carbonyl (C=O) groups excluding carboxylic acids is 2. The predicted octanol–water partition coefficient (Wildman–Crippen LogP) is -0.413. The highest BCUT2D eigenvalue weighted by Gasteiger charge is 2.46. The monoisotopic (exact) mass is 438 g/mol. The summed E-state index contributed by atoms with van der Waals surface area (Å²) in [6.07, 6.45) is -1.55. The third-order valence-corrected chi connectivity index (χ3v) is 6.21. The van der Waals surface area contributed by atoms with Crippen LogP contribution in [0.2, 0.25) is 0 Å². The second kappa shape index (κ2) is 8.99. The maximum absolute atomic E-state index is 13.0. The molecule has 1 fully saturated rings. The van der Waals surface area contributed by atoms with Gasteiger partial charge in [-0.05, 0) is 13.0 Å². The Balaban J connectivity index is 2.28. The number of aliphatic hydroxyl groups is 1. The van der Waals surface area contributed by atoms with Crippen LogP contribution in [0.5, 0.6) is 0 Å². The first-order chi connectivity index (χ1) is 14.0. The van der Waals surface area contributed by atoms with Gasteiger partial charge in [0.1, 0.15) is 17.7 Å². The molecule has 1 heterocycles. The zero-order valence-electron chi connectivity index (χ0n) is 15.7. The van der Waals surface area contributed by atoms with Crippen LogP contribution in [0.1, 0.15) is 13.3 Å². The predicted molar refractivity (Wildman–Crippen MR) is 99.9 cm³/mol. The number of benzene rings is 1. The normalized spacial score (nSPS) is 20.2. The number of hydrogen-bond acceptors (Lipinski definition) is 10. The van der Waals surface area contributed by atoms with Crippen molar-refractivity contribution in [3.05, 3.63) is 45.6 Å². The van der Waals surface area contributed by atoms with Crippen molar-refractivity contribution in [2.24, 2.45) is 5.73 Å². The molecule has 1 aliphatic rings. The van der Waals surface area contributed by atoms with Crippen molar-refractivity contribution in [2.75, 3.05) is 13.2 Å². The van der Waals surface area contributed by atoms with Gasteiger partial charge in [0.15, 0.2) is 11.5 Å². The minimum absolute atomic E-state index is 0.0737. The molecule has 2 atom stereocenters. The van der Waals surface area contributed by atoms with Gasteiger partial charge in [-0.15, -0.1) is 0 Å². The van der Waals surface area contributed by atoms with Gasteiger partial charge in [0.2, 0.25) is 5.78 Å². The zero-order chi connectivity index (χ0) is 22.6. The highest BCUT2D eigenvalue weighted by molar-refractivity contribution is 7.89. The van der Waals surface area contributed by atoms with E-state index in [9.17, 15) is 33.2 Å². The minimum atomic E-state index is -4.55. The Hall–Kier alpha value is -3.34. The molecule has 0 aromatic heterocycles. The van der Waals surface area contributed by atoms with Gasteiger partial charge in [0.25, 0.3) is 15.7 Å². The molecule has 1 aromatic rings. The lowest BCUT2D eigenvalue weighted by molar-refractivity contribution is -0.387. The van der Waals surface area contributed by atoms with Crippen molar-refractivity contribution in [3.63, 3.8) is 0 Å². The number of nitriles is 1. The zero-order valence-corrected chi connectivity index (χ0v) is 16.5. The fourth-order valence-corrected chi connectivity index (χ4v) is 4.68. The standard InChI is InChI=1S/C17H18N4O8S/c1-10(19)12(7-18)15(23)9-29-17(24)14-6-11(22)8-20(14)30(27,28)16-5-3-2-4-13(16)21(25)26/h2-5,11,14,22H,6,8-9,19H2,1H3. The summed E-state index contributed by atoms with van der Waals surface area (Å²) in [5, 5.41) is 30.0. The maximum atomic E-state index is 13.0. The quantitative estimate of drug-likeness (QED) is 0.186. The number of Topliss-reactive ketones (excluding diaryl/α,β-unsaturated/α-hetero) is 1. The summed E-state index contributed by atoms with van der Waals surface area (Å²) in [6, 6.07) is 4.64.